The second kappa shape index (κ2) is 5.34. The van der Waals surface area contributed by atoms with Gasteiger partial charge in [0, 0.05) is 18.5 Å². The van der Waals surface area contributed by atoms with E-state index in [9.17, 15) is 18.4 Å². The van der Waals surface area contributed by atoms with Crippen molar-refractivity contribution in [3.8, 4) is 0 Å². The Balaban J connectivity index is 2.23. The SMILES string of the molecule is COC(=O)c1ccc2c(c1)CC(=O)C(CC(F)F)N2. The summed E-state index contributed by atoms with van der Waals surface area (Å²) in [6.07, 6.45) is -2.99. The normalized spacial score (nSPS) is 17.9. The molecule has 0 saturated carbocycles. The van der Waals surface area contributed by atoms with Crippen molar-refractivity contribution in [1.82, 2.24) is 0 Å². The average Bonchev–Trinajstić information content (AvgIpc) is 2.37. The molecule has 102 valence electrons. The van der Waals surface area contributed by atoms with Gasteiger partial charge < -0.3 is 10.1 Å². The van der Waals surface area contributed by atoms with E-state index in [1.54, 1.807) is 12.1 Å². The molecule has 1 aromatic carbocycles. The van der Waals surface area contributed by atoms with E-state index in [1.165, 1.54) is 13.2 Å². The second-order valence-corrected chi connectivity index (χ2v) is 4.33. The van der Waals surface area contributed by atoms with Crippen molar-refractivity contribution in [1.29, 1.82) is 0 Å². The van der Waals surface area contributed by atoms with E-state index < -0.39 is 24.9 Å². The van der Waals surface area contributed by atoms with Gasteiger partial charge in [-0.15, -0.1) is 0 Å². The lowest BCUT2D eigenvalue weighted by Crippen LogP contribution is -2.36. The Bertz CT molecular complexity index is 517. The molecule has 0 radical (unpaired) electrons. The topological polar surface area (TPSA) is 55.4 Å². The fourth-order valence-electron chi connectivity index (χ4n) is 2.07. The molecule has 0 spiro atoms. The number of methoxy groups -OCH3 is 1. The van der Waals surface area contributed by atoms with Gasteiger partial charge in [-0.2, -0.15) is 0 Å². The Kier molecular flexibility index (Phi) is 3.78. The highest BCUT2D eigenvalue weighted by molar-refractivity contribution is 5.95. The van der Waals surface area contributed by atoms with Crippen molar-refractivity contribution in [2.75, 3.05) is 12.4 Å². The molecule has 2 rings (SSSR count). The molecule has 0 aliphatic carbocycles. The Morgan fingerprint density at radius 1 is 1.53 bits per heavy atom. The third-order valence-electron chi connectivity index (χ3n) is 3.02. The second-order valence-electron chi connectivity index (χ2n) is 4.33. The zero-order valence-electron chi connectivity index (χ0n) is 10.3. The molecule has 6 heteroatoms. The minimum absolute atomic E-state index is 0.0462. The quantitative estimate of drug-likeness (QED) is 0.853. The van der Waals surface area contributed by atoms with E-state index in [-0.39, 0.29) is 12.2 Å². The van der Waals surface area contributed by atoms with Gasteiger partial charge in [0.2, 0.25) is 6.43 Å². The number of ketones is 1. The molecule has 0 saturated heterocycles. The Labute approximate surface area is 108 Å². The van der Waals surface area contributed by atoms with Crippen LogP contribution in [0.1, 0.15) is 22.3 Å². The third kappa shape index (κ3) is 2.89. The van der Waals surface area contributed by atoms with E-state index in [0.717, 1.165) is 0 Å². The molecule has 1 heterocycles. The van der Waals surface area contributed by atoms with Crippen molar-refractivity contribution < 1.29 is 23.1 Å². The molecule has 1 aliphatic rings. The predicted octanol–water partition coefficient (Wildman–Crippen LogP) is 2.03. The smallest absolute Gasteiger partial charge is 0.337 e. The molecule has 0 amide bonds. The molecule has 1 aromatic rings. The maximum atomic E-state index is 12.3. The van der Waals surface area contributed by atoms with Gasteiger partial charge in [-0.3, -0.25) is 4.79 Å². The highest BCUT2D eigenvalue weighted by Crippen LogP contribution is 2.26. The van der Waals surface area contributed by atoms with Gasteiger partial charge in [0.05, 0.1) is 18.7 Å². The highest BCUT2D eigenvalue weighted by Gasteiger charge is 2.28. The van der Waals surface area contributed by atoms with Crippen LogP contribution in [0.15, 0.2) is 18.2 Å². The number of Topliss-reactive ketones (excluding diaryl/α,β-unsaturated/α-hetero) is 1. The highest BCUT2D eigenvalue weighted by atomic mass is 19.3. The minimum atomic E-state index is -2.53. The molecule has 0 aromatic heterocycles. The summed E-state index contributed by atoms with van der Waals surface area (Å²) in [7, 11) is 1.27. The molecule has 1 atom stereocenters. The van der Waals surface area contributed by atoms with Gasteiger partial charge in [0.1, 0.15) is 0 Å². The molecule has 1 N–H and O–H groups in total. The van der Waals surface area contributed by atoms with Gasteiger partial charge in [0.15, 0.2) is 5.78 Å². The number of hydrogen-bond acceptors (Lipinski definition) is 4. The van der Waals surface area contributed by atoms with E-state index >= 15 is 0 Å². The number of anilines is 1. The van der Waals surface area contributed by atoms with Crippen LogP contribution in [-0.4, -0.2) is 31.3 Å². The lowest BCUT2D eigenvalue weighted by molar-refractivity contribution is -0.120. The maximum Gasteiger partial charge on any atom is 0.337 e. The molecule has 1 unspecified atom stereocenters. The number of rotatable bonds is 3. The standard InChI is InChI=1S/C13H13F2NO3/c1-19-13(18)7-2-3-9-8(4-7)5-11(17)10(16-9)6-12(14)15/h2-4,10,12,16H,5-6H2,1H3. The van der Waals surface area contributed by atoms with Gasteiger partial charge in [-0.1, -0.05) is 0 Å². The lowest BCUT2D eigenvalue weighted by atomic mass is 9.94. The number of nitrogens with one attached hydrogen (secondary N) is 1. The number of benzene rings is 1. The van der Waals surface area contributed by atoms with Crippen LogP contribution in [0.3, 0.4) is 0 Å². The van der Waals surface area contributed by atoms with Crippen LogP contribution in [-0.2, 0) is 16.0 Å². The van der Waals surface area contributed by atoms with Crippen LogP contribution in [0.2, 0.25) is 0 Å². The average molecular weight is 269 g/mol. The first kappa shape index (κ1) is 13.5. The number of carbonyl (C=O) groups excluding carboxylic acids is 2. The monoisotopic (exact) mass is 269 g/mol. The Hall–Kier alpha value is -1.98. The predicted molar refractivity (Wildman–Crippen MR) is 64.5 cm³/mol. The third-order valence-corrected chi connectivity index (χ3v) is 3.02. The minimum Gasteiger partial charge on any atom is -0.465 e. The first-order valence-corrected chi connectivity index (χ1v) is 5.80. The van der Waals surface area contributed by atoms with Crippen LogP contribution < -0.4 is 5.32 Å². The zero-order chi connectivity index (χ0) is 14.0. The summed E-state index contributed by atoms with van der Waals surface area (Å²) in [6, 6.07) is 3.82. The van der Waals surface area contributed by atoms with Crippen LogP contribution >= 0.6 is 0 Å². The number of fused-ring (bicyclic) bond motifs is 1. The van der Waals surface area contributed by atoms with E-state index in [1.807, 2.05) is 0 Å². The number of esters is 1. The van der Waals surface area contributed by atoms with Crippen LogP contribution in [0.5, 0.6) is 0 Å². The first-order valence-electron chi connectivity index (χ1n) is 5.80. The van der Waals surface area contributed by atoms with Gasteiger partial charge in [-0.05, 0) is 23.8 Å². The molecular weight excluding hydrogens is 256 g/mol. The molecule has 4 nitrogen and oxygen atoms in total. The zero-order valence-corrected chi connectivity index (χ0v) is 10.3. The summed E-state index contributed by atoms with van der Waals surface area (Å²) in [5.41, 5.74) is 1.57. The van der Waals surface area contributed by atoms with Crippen molar-refractivity contribution in [2.45, 2.75) is 25.3 Å². The summed E-state index contributed by atoms with van der Waals surface area (Å²) >= 11 is 0. The molecule has 0 bridgehead atoms. The van der Waals surface area contributed by atoms with Crippen LogP contribution in [0.4, 0.5) is 14.5 Å². The van der Waals surface area contributed by atoms with E-state index in [4.69, 9.17) is 0 Å². The van der Waals surface area contributed by atoms with Gasteiger partial charge in [0.25, 0.3) is 0 Å². The molecule has 1 aliphatic heterocycles. The summed E-state index contributed by atoms with van der Waals surface area (Å²) in [6.45, 7) is 0. The molecular formula is C13H13F2NO3. The number of carbonyl (C=O) groups is 2. The lowest BCUT2D eigenvalue weighted by Gasteiger charge is -2.26. The summed E-state index contributed by atoms with van der Waals surface area (Å²) in [4.78, 5) is 23.1. The molecule has 0 fully saturated rings. The first-order chi connectivity index (χ1) is 9.01. The van der Waals surface area contributed by atoms with Crippen molar-refractivity contribution in [2.24, 2.45) is 0 Å². The summed E-state index contributed by atoms with van der Waals surface area (Å²) in [5.74, 6) is -0.792. The number of alkyl halides is 2. The van der Waals surface area contributed by atoms with E-state index in [0.29, 0.717) is 16.8 Å². The van der Waals surface area contributed by atoms with Crippen LogP contribution in [0, 0.1) is 0 Å². The Morgan fingerprint density at radius 2 is 2.26 bits per heavy atom. The Morgan fingerprint density at radius 3 is 2.89 bits per heavy atom. The molecule has 19 heavy (non-hydrogen) atoms. The largest absolute Gasteiger partial charge is 0.465 e. The van der Waals surface area contributed by atoms with E-state index in [2.05, 4.69) is 10.1 Å². The van der Waals surface area contributed by atoms with Gasteiger partial charge >= 0.3 is 5.97 Å². The van der Waals surface area contributed by atoms with Crippen molar-refractivity contribution in [3.63, 3.8) is 0 Å². The fourth-order valence-corrected chi connectivity index (χ4v) is 2.07. The number of halogens is 2. The maximum absolute atomic E-state index is 12.3. The summed E-state index contributed by atoms with van der Waals surface area (Å²) in [5, 5.41) is 2.78. The fraction of sp³-hybridized carbons (Fsp3) is 0.385. The van der Waals surface area contributed by atoms with Crippen molar-refractivity contribution in [3.05, 3.63) is 29.3 Å². The number of ether oxygens (including phenoxy) is 1. The summed E-state index contributed by atoms with van der Waals surface area (Å²) < 4.78 is 29.2. The van der Waals surface area contributed by atoms with Crippen molar-refractivity contribution >= 4 is 17.4 Å². The van der Waals surface area contributed by atoms with Gasteiger partial charge in [-0.25, -0.2) is 13.6 Å². The number of hydrogen-bond donors (Lipinski definition) is 1. The van der Waals surface area contributed by atoms with Crippen LogP contribution in [0.25, 0.3) is 0 Å².